The van der Waals surface area contributed by atoms with Gasteiger partial charge in [-0.2, -0.15) is 5.10 Å². The van der Waals surface area contributed by atoms with Gasteiger partial charge in [-0.25, -0.2) is 13.1 Å². The van der Waals surface area contributed by atoms with Crippen LogP contribution in [0.3, 0.4) is 0 Å². The van der Waals surface area contributed by atoms with E-state index < -0.39 is 10.0 Å². The number of nitrogens with one attached hydrogen (secondary N) is 3. The van der Waals surface area contributed by atoms with Crippen LogP contribution < -0.4 is 10.0 Å². The van der Waals surface area contributed by atoms with Gasteiger partial charge in [-0.05, 0) is 26.8 Å². The molecule has 0 aliphatic heterocycles. The number of sulfonamides is 1. The fourth-order valence-electron chi connectivity index (χ4n) is 2.27. The summed E-state index contributed by atoms with van der Waals surface area (Å²) in [5, 5.41) is 9.98. The molecule has 0 radical (unpaired) electrons. The van der Waals surface area contributed by atoms with E-state index in [1.54, 1.807) is 6.92 Å². The lowest BCUT2D eigenvalue weighted by atomic mass is 10.1. The van der Waals surface area contributed by atoms with Crippen LogP contribution in [-0.2, 0) is 16.6 Å². The van der Waals surface area contributed by atoms with Crippen LogP contribution in [0.4, 0.5) is 0 Å². The van der Waals surface area contributed by atoms with E-state index >= 15 is 0 Å². The lowest BCUT2D eigenvalue weighted by Crippen LogP contribution is -2.33. The highest BCUT2D eigenvalue weighted by molar-refractivity contribution is 7.89. The van der Waals surface area contributed by atoms with Gasteiger partial charge in [-0.3, -0.25) is 5.10 Å². The molecule has 0 aliphatic carbocycles. The van der Waals surface area contributed by atoms with E-state index in [1.165, 1.54) is 0 Å². The van der Waals surface area contributed by atoms with Gasteiger partial charge >= 0.3 is 0 Å². The van der Waals surface area contributed by atoms with E-state index in [0.29, 0.717) is 17.9 Å². The van der Waals surface area contributed by atoms with Crippen LogP contribution in [0.25, 0.3) is 0 Å². The number of H-pyrrole nitrogens is 1. The molecule has 0 spiro atoms. The molecule has 1 unspecified atom stereocenters. The average Bonchev–Trinajstić information content (AvgIpc) is 2.78. The van der Waals surface area contributed by atoms with Crippen molar-refractivity contribution in [2.45, 2.75) is 70.9 Å². The maximum absolute atomic E-state index is 12.5. The summed E-state index contributed by atoms with van der Waals surface area (Å²) in [6, 6.07) is -0.0668. The number of aromatic amines is 1. The number of aromatic nitrogens is 2. The van der Waals surface area contributed by atoms with E-state index in [9.17, 15) is 8.42 Å². The summed E-state index contributed by atoms with van der Waals surface area (Å²) in [4.78, 5) is 0.283. The Hall–Kier alpha value is -0.920. The molecule has 21 heavy (non-hydrogen) atoms. The molecular weight excluding hydrogens is 288 g/mol. The van der Waals surface area contributed by atoms with Crippen LogP contribution in [0.15, 0.2) is 4.90 Å². The van der Waals surface area contributed by atoms with E-state index in [1.807, 2.05) is 13.8 Å². The molecule has 0 aliphatic rings. The van der Waals surface area contributed by atoms with Crippen molar-refractivity contribution in [3.63, 3.8) is 0 Å². The van der Waals surface area contributed by atoms with E-state index in [-0.39, 0.29) is 10.9 Å². The number of rotatable bonds is 10. The lowest BCUT2D eigenvalue weighted by molar-refractivity contribution is 0.526. The average molecular weight is 316 g/mol. The Kier molecular flexibility index (Phi) is 7.34. The highest BCUT2D eigenvalue weighted by Gasteiger charge is 2.25. The lowest BCUT2D eigenvalue weighted by Gasteiger charge is -2.14. The molecule has 0 amide bonds. The Morgan fingerprint density at radius 2 is 2.00 bits per heavy atom. The number of nitrogens with zero attached hydrogens (tertiary/aromatic N) is 1. The summed E-state index contributed by atoms with van der Waals surface area (Å²) in [6.45, 7) is 8.97. The zero-order chi connectivity index (χ0) is 15.9. The fraction of sp³-hybridized carbons (Fsp3) is 0.786. The van der Waals surface area contributed by atoms with Crippen molar-refractivity contribution in [1.29, 1.82) is 0 Å². The third kappa shape index (κ3) is 5.41. The predicted octanol–water partition coefficient (Wildman–Crippen LogP) is 2.07. The maximum atomic E-state index is 12.5. The first-order valence-electron chi connectivity index (χ1n) is 7.69. The molecular formula is C14H28N4O2S. The molecule has 0 saturated carbocycles. The first-order valence-corrected chi connectivity index (χ1v) is 9.17. The van der Waals surface area contributed by atoms with Crippen molar-refractivity contribution in [1.82, 2.24) is 20.2 Å². The summed E-state index contributed by atoms with van der Waals surface area (Å²) >= 11 is 0. The van der Waals surface area contributed by atoms with Gasteiger partial charge in [0.25, 0.3) is 0 Å². The Balaban J connectivity index is 2.80. The van der Waals surface area contributed by atoms with Crippen LogP contribution in [0.2, 0.25) is 0 Å². The summed E-state index contributed by atoms with van der Waals surface area (Å²) in [7, 11) is -3.53. The molecule has 0 fully saturated rings. The molecule has 122 valence electrons. The molecule has 1 aromatic rings. The minimum absolute atomic E-state index is 0.0668. The van der Waals surface area contributed by atoms with Crippen LogP contribution in [-0.4, -0.2) is 31.2 Å². The van der Waals surface area contributed by atoms with Crippen molar-refractivity contribution in [2.75, 3.05) is 6.54 Å². The molecule has 7 heteroatoms. The Morgan fingerprint density at radius 1 is 1.29 bits per heavy atom. The van der Waals surface area contributed by atoms with E-state index in [2.05, 4.69) is 27.2 Å². The Morgan fingerprint density at radius 3 is 2.62 bits per heavy atom. The van der Waals surface area contributed by atoms with Gasteiger partial charge in [-0.1, -0.05) is 33.1 Å². The van der Waals surface area contributed by atoms with Gasteiger partial charge in [-0.15, -0.1) is 0 Å². The van der Waals surface area contributed by atoms with Crippen LogP contribution in [0, 0.1) is 6.92 Å². The van der Waals surface area contributed by atoms with Crippen LogP contribution in [0.5, 0.6) is 0 Å². The normalized spacial score (nSPS) is 13.5. The largest absolute Gasteiger partial charge is 0.311 e. The molecule has 0 aromatic carbocycles. The van der Waals surface area contributed by atoms with Crippen molar-refractivity contribution >= 4 is 10.0 Å². The van der Waals surface area contributed by atoms with E-state index in [4.69, 9.17) is 0 Å². The first-order chi connectivity index (χ1) is 9.92. The van der Waals surface area contributed by atoms with Crippen molar-refractivity contribution in [3.05, 3.63) is 11.4 Å². The van der Waals surface area contributed by atoms with Crippen molar-refractivity contribution in [3.8, 4) is 0 Å². The highest BCUT2D eigenvalue weighted by Crippen LogP contribution is 2.18. The summed E-state index contributed by atoms with van der Waals surface area (Å²) in [6.07, 6.45) is 4.15. The second kappa shape index (κ2) is 8.51. The predicted molar refractivity (Wildman–Crippen MR) is 84.6 cm³/mol. The second-order valence-corrected chi connectivity index (χ2v) is 7.07. The van der Waals surface area contributed by atoms with Gasteiger partial charge in [0.2, 0.25) is 10.0 Å². The fourth-order valence-corrected chi connectivity index (χ4v) is 3.91. The minimum atomic E-state index is -3.53. The summed E-state index contributed by atoms with van der Waals surface area (Å²) in [5.41, 5.74) is 1.12. The molecule has 1 atom stereocenters. The molecule has 6 nitrogen and oxygen atoms in total. The topological polar surface area (TPSA) is 86.9 Å². The van der Waals surface area contributed by atoms with Gasteiger partial charge in [0.1, 0.15) is 4.90 Å². The van der Waals surface area contributed by atoms with E-state index in [0.717, 1.165) is 32.2 Å². The third-order valence-electron chi connectivity index (χ3n) is 3.37. The van der Waals surface area contributed by atoms with Gasteiger partial charge < -0.3 is 5.32 Å². The van der Waals surface area contributed by atoms with Gasteiger partial charge in [0.15, 0.2) is 0 Å². The third-order valence-corrected chi connectivity index (χ3v) is 5.16. The number of hydrogen-bond donors (Lipinski definition) is 3. The minimum Gasteiger partial charge on any atom is -0.311 e. The molecule has 1 heterocycles. The standard InChI is InChI=1S/C14H28N4O2S/c1-5-7-8-9-11(3)18-21(19,20)14-12(4)16-17-13(14)10-15-6-2/h11,15,18H,5-10H2,1-4H3,(H,16,17). The smallest absolute Gasteiger partial charge is 0.244 e. The van der Waals surface area contributed by atoms with Gasteiger partial charge in [0.05, 0.1) is 11.4 Å². The van der Waals surface area contributed by atoms with Crippen LogP contribution >= 0.6 is 0 Å². The zero-order valence-electron chi connectivity index (χ0n) is 13.5. The monoisotopic (exact) mass is 316 g/mol. The molecule has 0 bridgehead atoms. The Labute approximate surface area is 128 Å². The zero-order valence-corrected chi connectivity index (χ0v) is 14.3. The Bertz CT molecular complexity index is 525. The first kappa shape index (κ1) is 18.1. The second-order valence-electron chi connectivity index (χ2n) is 5.42. The summed E-state index contributed by atoms with van der Waals surface area (Å²) in [5.74, 6) is 0. The number of hydrogen-bond acceptors (Lipinski definition) is 4. The quantitative estimate of drug-likeness (QED) is 0.577. The molecule has 0 saturated heterocycles. The number of unbranched alkanes of at least 4 members (excludes halogenated alkanes) is 2. The molecule has 3 N–H and O–H groups in total. The van der Waals surface area contributed by atoms with Crippen molar-refractivity contribution in [2.24, 2.45) is 0 Å². The number of aryl methyl sites for hydroxylation is 1. The SMILES string of the molecule is CCCCCC(C)NS(=O)(=O)c1c(CNCC)n[nH]c1C. The highest BCUT2D eigenvalue weighted by atomic mass is 32.2. The van der Waals surface area contributed by atoms with Crippen molar-refractivity contribution < 1.29 is 8.42 Å². The summed E-state index contributed by atoms with van der Waals surface area (Å²) < 4.78 is 27.8. The molecule has 1 aromatic heterocycles. The maximum Gasteiger partial charge on any atom is 0.244 e. The molecule has 1 rings (SSSR count). The van der Waals surface area contributed by atoms with Crippen LogP contribution in [0.1, 0.15) is 57.8 Å². The van der Waals surface area contributed by atoms with Gasteiger partial charge in [0, 0.05) is 12.6 Å².